The lowest BCUT2D eigenvalue weighted by Gasteiger charge is -2.09. The maximum atomic E-state index is 12.7. The molecular formula is C8H3BrClF2NO2S. The fourth-order valence-electron chi connectivity index (χ4n) is 1.08. The van der Waals surface area contributed by atoms with Gasteiger partial charge in [0.25, 0.3) is 15.5 Å². The highest BCUT2D eigenvalue weighted by Gasteiger charge is 2.26. The van der Waals surface area contributed by atoms with E-state index < -0.39 is 25.9 Å². The Morgan fingerprint density at radius 3 is 2.38 bits per heavy atom. The quantitative estimate of drug-likeness (QED) is 0.783. The maximum Gasteiger partial charge on any atom is 0.266 e. The fraction of sp³-hybridized carbons (Fsp3) is 0.125. The van der Waals surface area contributed by atoms with Crippen molar-refractivity contribution < 1.29 is 17.2 Å². The van der Waals surface area contributed by atoms with Gasteiger partial charge in [0, 0.05) is 15.2 Å². The summed E-state index contributed by atoms with van der Waals surface area (Å²) in [6.45, 7) is 0. The normalized spacial score (nSPS) is 11.5. The van der Waals surface area contributed by atoms with Crippen molar-refractivity contribution in [1.29, 1.82) is 5.26 Å². The summed E-state index contributed by atoms with van der Waals surface area (Å²) in [7, 11) is 0.737. The van der Waals surface area contributed by atoms with Crippen molar-refractivity contribution in [2.24, 2.45) is 0 Å². The van der Waals surface area contributed by atoms with E-state index >= 15 is 0 Å². The molecule has 0 aromatic heterocycles. The molecule has 0 amide bonds. The van der Waals surface area contributed by atoms with E-state index in [4.69, 9.17) is 15.9 Å². The highest BCUT2D eigenvalue weighted by atomic mass is 79.9. The van der Waals surface area contributed by atoms with Gasteiger partial charge in [-0.1, -0.05) is 0 Å². The number of hydrogen-bond donors (Lipinski definition) is 0. The topological polar surface area (TPSA) is 57.9 Å². The molecule has 16 heavy (non-hydrogen) atoms. The number of alkyl halides is 2. The SMILES string of the molecule is N#Cc1ccc(S(=O)(=O)Cl)c(C(F)F)c1Br. The van der Waals surface area contributed by atoms with Gasteiger partial charge in [-0.15, -0.1) is 0 Å². The second-order valence-corrected chi connectivity index (χ2v) is 6.02. The maximum absolute atomic E-state index is 12.7. The molecule has 0 spiro atoms. The van der Waals surface area contributed by atoms with Crippen LogP contribution in [0.4, 0.5) is 8.78 Å². The van der Waals surface area contributed by atoms with E-state index in [-0.39, 0.29) is 10.0 Å². The van der Waals surface area contributed by atoms with Crippen molar-refractivity contribution >= 4 is 35.7 Å². The summed E-state index contributed by atoms with van der Waals surface area (Å²) >= 11 is 2.76. The van der Waals surface area contributed by atoms with Gasteiger partial charge in [-0.25, -0.2) is 17.2 Å². The molecule has 0 bridgehead atoms. The van der Waals surface area contributed by atoms with Crippen molar-refractivity contribution in [1.82, 2.24) is 0 Å². The molecule has 0 radical (unpaired) electrons. The third kappa shape index (κ3) is 2.51. The van der Waals surface area contributed by atoms with Crippen molar-refractivity contribution in [3.63, 3.8) is 0 Å². The summed E-state index contributed by atoms with van der Waals surface area (Å²) in [5.41, 5.74) is -0.881. The van der Waals surface area contributed by atoms with Crippen LogP contribution >= 0.6 is 26.6 Å². The molecule has 0 saturated heterocycles. The van der Waals surface area contributed by atoms with Crippen LogP contribution in [0.3, 0.4) is 0 Å². The second-order valence-electron chi connectivity index (χ2n) is 2.69. The number of halogens is 4. The van der Waals surface area contributed by atoms with Gasteiger partial charge >= 0.3 is 0 Å². The van der Waals surface area contributed by atoms with E-state index in [1.54, 1.807) is 6.07 Å². The summed E-state index contributed by atoms with van der Waals surface area (Å²) in [6.07, 6.45) is -3.05. The largest absolute Gasteiger partial charge is 0.266 e. The van der Waals surface area contributed by atoms with Crippen molar-refractivity contribution in [2.45, 2.75) is 11.3 Å². The minimum Gasteiger partial charge on any atom is -0.207 e. The van der Waals surface area contributed by atoms with Crippen LogP contribution in [-0.4, -0.2) is 8.42 Å². The molecule has 0 fully saturated rings. The van der Waals surface area contributed by atoms with Crippen LogP contribution in [0.25, 0.3) is 0 Å². The van der Waals surface area contributed by atoms with E-state index in [9.17, 15) is 17.2 Å². The summed E-state index contributed by atoms with van der Waals surface area (Å²) in [5, 5.41) is 8.61. The Morgan fingerprint density at radius 1 is 1.44 bits per heavy atom. The Kier molecular flexibility index (Phi) is 3.88. The molecule has 0 saturated carbocycles. The molecule has 86 valence electrons. The van der Waals surface area contributed by atoms with Crippen LogP contribution in [0.1, 0.15) is 17.6 Å². The van der Waals surface area contributed by atoms with Crippen molar-refractivity contribution in [2.75, 3.05) is 0 Å². The third-order valence-electron chi connectivity index (χ3n) is 1.74. The average molecular weight is 331 g/mol. The van der Waals surface area contributed by atoms with Crippen molar-refractivity contribution in [3.05, 3.63) is 27.7 Å². The van der Waals surface area contributed by atoms with Gasteiger partial charge < -0.3 is 0 Å². The summed E-state index contributed by atoms with van der Waals surface area (Å²) < 4.78 is 47.2. The molecular weight excluding hydrogens is 328 g/mol. The van der Waals surface area contributed by atoms with Crippen LogP contribution in [-0.2, 0) is 9.05 Å². The Morgan fingerprint density at radius 2 is 2.00 bits per heavy atom. The van der Waals surface area contributed by atoms with E-state index in [1.807, 2.05) is 0 Å². The molecule has 0 unspecified atom stereocenters. The molecule has 0 aliphatic heterocycles. The molecule has 0 aliphatic carbocycles. The molecule has 3 nitrogen and oxygen atoms in total. The molecule has 1 aromatic rings. The van der Waals surface area contributed by atoms with Crippen LogP contribution in [0.5, 0.6) is 0 Å². The van der Waals surface area contributed by atoms with Gasteiger partial charge in [-0.05, 0) is 28.1 Å². The van der Waals surface area contributed by atoms with E-state index in [0.29, 0.717) is 0 Å². The Balaban J connectivity index is 3.69. The minimum absolute atomic E-state index is 0.0839. The highest BCUT2D eigenvalue weighted by molar-refractivity contribution is 9.10. The lowest BCUT2D eigenvalue weighted by molar-refractivity contribution is 0.147. The Labute approximate surface area is 103 Å². The number of nitriles is 1. The first kappa shape index (κ1) is 13.4. The Hall–Kier alpha value is -0.710. The van der Waals surface area contributed by atoms with Crippen LogP contribution in [0.2, 0.25) is 0 Å². The molecule has 8 heteroatoms. The molecule has 1 rings (SSSR count). The summed E-state index contributed by atoms with van der Waals surface area (Å²) in [4.78, 5) is -0.699. The van der Waals surface area contributed by atoms with Gasteiger partial charge in [-0.3, -0.25) is 0 Å². The summed E-state index contributed by atoms with van der Waals surface area (Å²) in [5.74, 6) is 0. The molecule has 0 aliphatic rings. The molecule has 0 N–H and O–H groups in total. The first-order valence-corrected chi connectivity index (χ1v) is 6.84. The predicted molar refractivity (Wildman–Crippen MR) is 56.9 cm³/mol. The van der Waals surface area contributed by atoms with Gasteiger partial charge in [0.2, 0.25) is 0 Å². The van der Waals surface area contributed by atoms with E-state index in [1.165, 1.54) is 0 Å². The summed E-state index contributed by atoms with van der Waals surface area (Å²) in [6, 6.07) is 3.64. The van der Waals surface area contributed by atoms with Crippen LogP contribution < -0.4 is 0 Å². The fourth-order valence-corrected chi connectivity index (χ4v) is 2.90. The monoisotopic (exact) mass is 329 g/mol. The first-order valence-electron chi connectivity index (χ1n) is 3.74. The zero-order valence-corrected chi connectivity index (χ0v) is 10.6. The number of rotatable bonds is 2. The first-order chi connectivity index (χ1) is 7.29. The van der Waals surface area contributed by atoms with E-state index in [0.717, 1.165) is 12.1 Å². The second kappa shape index (κ2) is 4.65. The van der Waals surface area contributed by atoms with Crippen LogP contribution in [0.15, 0.2) is 21.5 Å². The van der Waals surface area contributed by atoms with Gasteiger partial charge in [0.15, 0.2) is 0 Å². The molecule has 0 heterocycles. The van der Waals surface area contributed by atoms with Crippen molar-refractivity contribution in [3.8, 4) is 6.07 Å². The van der Waals surface area contributed by atoms with Crippen LogP contribution in [0, 0.1) is 11.3 Å². The third-order valence-corrected chi connectivity index (χ3v) is 3.98. The number of hydrogen-bond acceptors (Lipinski definition) is 3. The lowest BCUT2D eigenvalue weighted by Crippen LogP contribution is -2.01. The number of benzene rings is 1. The minimum atomic E-state index is -4.27. The predicted octanol–water partition coefficient (Wildman–Crippen LogP) is 3.19. The standard InChI is InChI=1S/C8H3BrClF2NO2S/c9-7-4(3-13)1-2-5(16(10,14)15)6(7)8(11)12/h1-2,8H. The lowest BCUT2D eigenvalue weighted by atomic mass is 10.1. The van der Waals surface area contributed by atoms with E-state index in [2.05, 4.69) is 15.9 Å². The average Bonchev–Trinajstić information content (AvgIpc) is 2.15. The molecule has 0 atom stereocenters. The zero-order valence-electron chi connectivity index (χ0n) is 7.42. The Bertz CT molecular complexity index is 568. The smallest absolute Gasteiger partial charge is 0.207 e. The zero-order chi connectivity index (χ0) is 12.5. The number of nitrogens with zero attached hydrogens (tertiary/aromatic N) is 1. The van der Waals surface area contributed by atoms with Gasteiger partial charge in [0.05, 0.1) is 16.0 Å². The molecule has 1 aromatic carbocycles. The van der Waals surface area contributed by atoms with Gasteiger partial charge in [-0.2, -0.15) is 5.26 Å². The highest BCUT2D eigenvalue weighted by Crippen LogP contribution is 2.36. The van der Waals surface area contributed by atoms with Gasteiger partial charge in [0.1, 0.15) is 6.07 Å².